The summed E-state index contributed by atoms with van der Waals surface area (Å²) in [7, 11) is 1.89. The lowest BCUT2D eigenvalue weighted by molar-refractivity contribution is 0.522. The van der Waals surface area contributed by atoms with Gasteiger partial charge < -0.3 is 14.2 Å². The van der Waals surface area contributed by atoms with Crippen molar-refractivity contribution in [3.8, 4) is 11.1 Å². The fourth-order valence-electron chi connectivity index (χ4n) is 3.64. The molecule has 2 aromatic carbocycles. The summed E-state index contributed by atoms with van der Waals surface area (Å²) in [6.07, 6.45) is 0. The van der Waals surface area contributed by atoms with E-state index in [-0.39, 0.29) is 5.63 Å². The molecule has 0 aliphatic heterocycles. The first-order chi connectivity index (χ1) is 12.5. The van der Waals surface area contributed by atoms with Gasteiger partial charge in [-0.15, -0.1) is 0 Å². The van der Waals surface area contributed by atoms with Crippen LogP contribution in [0.25, 0.3) is 33.1 Å². The quantitative estimate of drug-likeness (QED) is 0.538. The Balaban J connectivity index is 2.18. The number of fused-ring (bicyclic) bond motifs is 2. The Morgan fingerprint density at radius 2 is 1.58 bits per heavy atom. The molecule has 4 heteroatoms. The molecule has 0 bridgehead atoms. The molecule has 0 spiro atoms. The van der Waals surface area contributed by atoms with Crippen molar-refractivity contribution in [2.24, 2.45) is 0 Å². The molecule has 4 rings (SSSR count). The Bertz CT molecular complexity index is 1180. The molecular weight excluding hydrogens is 326 g/mol. The van der Waals surface area contributed by atoms with Crippen LogP contribution in [0.5, 0.6) is 0 Å². The average molecular weight is 347 g/mol. The van der Waals surface area contributed by atoms with Crippen molar-refractivity contribution < 1.29 is 8.83 Å². The molecule has 2 heterocycles. The molecule has 0 saturated carbocycles. The van der Waals surface area contributed by atoms with Crippen molar-refractivity contribution in [3.63, 3.8) is 0 Å². The van der Waals surface area contributed by atoms with E-state index in [1.807, 2.05) is 51.2 Å². The molecule has 0 fully saturated rings. The summed E-state index contributed by atoms with van der Waals surface area (Å²) in [5.41, 5.74) is 5.61. The lowest BCUT2D eigenvalue weighted by atomic mass is 9.95. The normalized spacial score (nSPS) is 11.5. The highest BCUT2D eigenvalue weighted by atomic mass is 16.4. The first kappa shape index (κ1) is 16.6. The van der Waals surface area contributed by atoms with E-state index in [9.17, 15) is 4.79 Å². The van der Waals surface area contributed by atoms with Gasteiger partial charge in [-0.1, -0.05) is 30.3 Å². The molecule has 0 radical (unpaired) electrons. The number of rotatable bonds is 3. The van der Waals surface area contributed by atoms with E-state index >= 15 is 0 Å². The van der Waals surface area contributed by atoms with Crippen LogP contribution in [0.2, 0.25) is 0 Å². The van der Waals surface area contributed by atoms with Crippen molar-refractivity contribution in [3.05, 3.63) is 69.3 Å². The number of aryl methyl sites for hydroxylation is 2. The molecule has 26 heavy (non-hydrogen) atoms. The second kappa shape index (κ2) is 6.15. The number of hydrogen-bond acceptors (Lipinski definition) is 4. The second-order valence-electron chi connectivity index (χ2n) is 6.69. The molecule has 0 amide bonds. The lowest BCUT2D eigenvalue weighted by Crippen LogP contribution is -2.06. The lowest BCUT2D eigenvalue weighted by Gasteiger charge is -2.11. The highest BCUT2D eigenvalue weighted by Crippen LogP contribution is 2.38. The van der Waals surface area contributed by atoms with Crippen molar-refractivity contribution in [2.45, 2.75) is 27.3 Å². The third-order valence-corrected chi connectivity index (χ3v) is 5.05. The van der Waals surface area contributed by atoms with Crippen LogP contribution in [-0.4, -0.2) is 7.05 Å². The molecule has 4 nitrogen and oxygen atoms in total. The maximum absolute atomic E-state index is 12.5. The SMILES string of the molecule is CNCc1oc2c(C)c3oc(=O)c(C)c(-c4ccccc4)c3cc2c1C. The molecule has 0 saturated heterocycles. The number of hydrogen-bond donors (Lipinski definition) is 1. The molecule has 1 N–H and O–H groups in total. The first-order valence-corrected chi connectivity index (χ1v) is 8.72. The van der Waals surface area contributed by atoms with Gasteiger partial charge in [-0.25, -0.2) is 4.79 Å². The Labute approximate surface area is 151 Å². The first-order valence-electron chi connectivity index (χ1n) is 8.72. The fourth-order valence-corrected chi connectivity index (χ4v) is 3.64. The van der Waals surface area contributed by atoms with Crippen LogP contribution in [0.15, 0.2) is 50.0 Å². The minimum Gasteiger partial charge on any atom is -0.459 e. The van der Waals surface area contributed by atoms with E-state index < -0.39 is 0 Å². The van der Waals surface area contributed by atoms with Crippen LogP contribution in [0.4, 0.5) is 0 Å². The third-order valence-electron chi connectivity index (χ3n) is 5.05. The van der Waals surface area contributed by atoms with Crippen LogP contribution in [0.1, 0.15) is 22.5 Å². The maximum Gasteiger partial charge on any atom is 0.339 e. The van der Waals surface area contributed by atoms with Crippen molar-refractivity contribution >= 4 is 21.9 Å². The van der Waals surface area contributed by atoms with Gasteiger partial charge in [-0.2, -0.15) is 0 Å². The third kappa shape index (κ3) is 2.37. The predicted molar refractivity (Wildman–Crippen MR) is 105 cm³/mol. The number of benzene rings is 2. The Kier molecular flexibility index (Phi) is 3.93. The number of furan rings is 1. The minimum absolute atomic E-state index is 0.308. The van der Waals surface area contributed by atoms with E-state index in [1.165, 1.54) is 0 Å². The molecule has 0 aliphatic rings. The Morgan fingerprint density at radius 1 is 0.885 bits per heavy atom. The minimum atomic E-state index is -0.308. The molecule has 0 unspecified atom stereocenters. The highest BCUT2D eigenvalue weighted by molar-refractivity contribution is 6.05. The standard InChI is InChI=1S/C22H21NO3/c1-12-16-10-17-19(15-8-6-5-7-9-15)13(2)22(24)26-21(17)14(3)20(16)25-18(12)11-23-4/h5-10,23H,11H2,1-4H3. The van der Waals surface area contributed by atoms with E-state index in [1.54, 1.807) is 0 Å². The maximum atomic E-state index is 12.5. The monoisotopic (exact) mass is 347 g/mol. The van der Waals surface area contributed by atoms with Gasteiger partial charge in [0, 0.05) is 27.5 Å². The van der Waals surface area contributed by atoms with Gasteiger partial charge in [0.25, 0.3) is 0 Å². The van der Waals surface area contributed by atoms with Crippen molar-refractivity contribution in [2.75, 3.05) is 7.05 Å². The summed E-state index contributed by atoms with van der Waals surface area (Å²) in [6.45, 7) is 6.49. The van der Waals surface area contributed by atoms with Gasteiger partial charge >= 0.3 is 5.63 Å². The van der Waals surface area contributed by atoms with Crippen LogP contribution in [0, 0.1) is 20.8 Å². The summed E-state index contributed by atoms with van der Waals surface area (Å²) < 4.78 is 11.7. The summed E-state index contributed by atoms with van der Waals surface area (Å²) in [5, 5.41) is 5.14. The topological polar surface area (TPSA) is 55.4 Å². The zero-order valence-corrected chi connectivity index (χ0v) is 15.4. The van der Waals surface area contributed by atoms with Crippen LogP contribution in [0.3, 0.4) is 0 Å². The Hall–Kier alpha value is -2.85. The van der Waals surface area contributed by atoms with E-state index in [0.29, 0.717) is 17.7 Å². The van der Waals surface area contributed by atoms with E-state index in [2.05, 4.69) is 18.3 Å². The van der Waals surface area contributed by atoms with Gasteiger partial charge in [-0.05, 0) is 45.0 Å². The largest absolute Gasteiger partial charge is 0.459 e. The van der Waals surface area contributed by atoms with Crippen LogP contribution in [-0.2, 0) is 6.54 Å². The van der Waals surface area contributed by atoms with Gasteiger partial charge in [0.15, 0.2) is 0 Å². The summed E-state index contributed by atoms with van der Waals surface area (Å²) in [5.74, 6) is 0.904. The fraction of sp³-hybridized carbons (Fsp3) is 0.227. The van der Waals surface area contributed by atoms with Crippen LogP contribution >= 0.6 is 0 Å². The zero-order chi connectivity index (χ0) is 18.4. The highest BCUT2D eigenvalue weighted by Gasteiger charge is 2.20. The average Bonchev–Trinajstić information content (AvgIpc) is 2.95. The van der Waals surface area contributed by atoms with Crippen LogP contribution < -0.4 is 10.9 Å². The van der Waals surface area contributed by atoms with Gasteiger partial charge in [0.05, 0.1) is 6.54 Å². The molecule has 2 aromatic heterocycles. The summed E-state index contributed by atoms with van der Waals surface area (Å²) in [6, 6.07) is 12.1. The molecular formula is C22H21NO3. The van der Waals surface area contributed by atoms with Gasteiger partial charge in [-0.3, -0.25) is 0 Å². The van der Waals surface area contributed by atoms with Crippen molar-refractivity contribution in [1.82, 2.24) is 5.32 Å². The smallest absolute Gasteiger partial charge is 0.339 e. The summed E-state index contributed by atoms with van der Waals surface area (Å²) >= 11 is 0. The van der Waals surface area contributed by atoms with Crippen molar-refractivity contribution in [1.29, 1.82) is 0 Å². The second-order valence-corrected chi connectivity index (χ2v) is 6.69. The Morgan fingerprint density at radius 3 is 2.27 bits per heavy atom. The molecule has 0 atom stereocenters. The number of nitrogens with one attached hydrogen (secondary N) is 1. The summed E-state index contributed by atoms with van der Waals surface area (Å²) in [4.78, 5) is 12.5. The van der Waals surface area contributed by atoms with E-state index in [0.717, 1.165) is 44.4 Å². The molecule has 0 aliphatic carbocycles. The predicted octanol–water partition coefficient (Wildman–Crippen LogP) is 4.85. The molecule has 4 aromatic rings. The van der Waals surface area contributed by atoms with E-state index in [4.69, 9.17) is 8.83 Å². The molecule has 132 valence electrons. The zero-order valence-electron chi connectivity index (χ0n) is 15.4. The van der Waals surface area contributed by atoms with Gasteiger partial charge in [0.1, 0.15) is 16.9 Å². The van der Waals surface area contributed by atoms with Gasteiger partial charge in [0.2, 0.25) is 0 Å².